The van der Waals surface area contributed by atoms with Gasteiger partial charge in [0.15, 0.2) is 0 Å². The van der Waals surface area contributed by atoms with Gasteiger partial charge in [-0.25, -0.2) is 0 Å². The number of amides is 1. The average molecular weight is 322 g/mol. The molecule has 6 heteroatoms. The van der Waals surface area contributed by atoms with Gasteiger partial charge in [-0.15, -0.1) is 0 Å². The summed E-state index contributed by atoms with van der Waals surface area (Å²) in [6.45, 7) is 5.67. The van der Waals surface area contributed by atoms with Crippen LogP contribution in [0.2, 0.25) is 0 Å². The number of hydrogen-bond acceptors (Lipinski definition) is 3. The number of aryl methyl sites for hydroxylation is 1. The number of carbonyl (C=O) groups is 1. The molecule has 1 aromatic heterocycles. The van der Waals surface area contributed by atoms with E-state index >= 15 is 0 Å². The van der Waals surface area contributed by atoms with Gasteiger partial charge in [-0.3, -0.25) is 25.5 Å². The van der Waals surface area contributed by atoms with Crippen molar-refractivity contribution in [3.63, 3.8) is 0 Å². The molecule has 2 aromatic carbocycles. The van der Waals surface area contributed by atoms with Crippen molar-refractivity contribution in [2.24, 2.45) is 0 Å². The second-order valence-electron chi connectivity index (χ2n) is 5.57. The SMILES string of the molecule is C=C(NNC(=O)Cc1c(C)[nH][nH]c1=O)c1ccc2ccccc2c1. The molecule has 6 nitrogen and oxygen atoms in total. The fraction of sp³-hybridized carbons (Fsp3) is 0.111. The van der Waals surface area contributed by atoms with Crippen LogP contribution in [0.4, 0.5) is 0 Å². The Morgan fingerprint density at radius 2 is 1.83 bits per heavy atom. The maximum absolute atomic E-state index is 12.0. The number of aromatic nitrogens is 2. The smallest absolute Gasteiger partial charge is 0.267 e. The third kappa shape index (κ3) is 3.22. The highest BCUT2D eigenvalue weighted by Gasteiger charge is 2.11. The predicted molar refractivity (Wildman–Crippen MR) is 94.1 cm³/mol. The molecule has 0 fully saturated rings. The molecule has 122 valence electrons. The minimum atomic E-state index is -0.315. The Kier molecular flexibility index (Phi) is 4.20. The van der Waals surface area contributed by atoms with Crippen molar-refractivity contribution < 1.29 is 4.79 Å². The van der Waals surface area contributed by atoms with Crippen molar-refractivity contribution in [1.29, 1.82) is 0 Å². The van der Waals surface area contributed by atoms with Gasteiger partial charge in [0.2, 0.25) is 5.91 Å². The lowest BCUT2D eigenvalue weighted by Crippen LogP contribution is -2.37. The number of aromatic amines is 2. The summed E-state index contributed by atoms with van der Waals surface area (Å²) in [5.74, 6) is -0.315. The van der Waals surface area contributed by atoms with Gasteiger partial charge in [0.1, 0.15) is 0 Å². The van der Waals surface area contributed by atoms with Gasteiger partial charge in [0.25, 0.3) is 5.56 Å². The average Bonchev–Trinajstić information content (AvgIpc) is 2.91. The lowest BCUT2D eigenvalue weighted by Gasteiger charge is -2.11. The second kappa shape index (κ2) is 6.45. The lowest BCUT2D eigenvalue weighted by atomic mass is 10.1. The Morgan fingerprint density at radius 1 is 1.08 bits per heavy atom. The maximum Gasteiger partial charge on any atom is 0.267 e. The van der Waals surface area contributed by atoms with Crippen molar-refractivity contribution in [2.45, 2.75) is 13.3 Å². The van der Waals surface area contributed by atoms with Gasteiger partial charge < -0.3 is 5.10 Å². The van der Waals surface area contributed by atoms with Gasteiger partial charge >= 0.3 is 0 Å². The molecule has 0 radical (unpaired) electrons. The van der Waals surface area contributed by atoms with Crippen molar-refractivity contribution >= 4 is 22.4 Å². The Bertz CT molecular complexity index is 968. The summed E-state index contributed by atoms with van der Waals surface area (Å²) in [4.78, 5) is 23.5. The Labute approximate surface area is 138 Å². The molecule has 0 bridgehead atoms. The van der Waals surface area contributed by atoms with Crippen molar-refractivity contribution in [3.05, 3.63) is 76.2 Å². The third-order valence-electron chi connectivity index (χ3n) is 3.88. The predicted octanol–water partition coefficient (Wildman–Crippen LogP) is 2.00. The molecule has 0 saturated heterocycles. The van der Waals surface area contributed by atoms with Crippen LogP contribution in [0.5, 0.6) is 0 Å². The monoisotopic (exact) mass is 322 g/mol. The zero-order chi connectivity index (χ0) is 17.1. The summed E-state index contributed by atoms with van der Waals surface area (Å²) in [6, 6.07) is 13.9. The van der Waals surface area contributed by atoms with Crippen LogP contribution in [0.1, 0.15) is 16.8 Å². The summed E-state index contributed by atoms with van der Waals surface area (Å²) in [5, 5.41) is 7.38. The highest BCUT2D eigenvalue weighted by atomic mass is 16.2. The van der Waals surface area contributed by atoms with Crippen LogP contribution in [0.25, 0.3) is 16.5 Å². The number of nitrogens with one attached hydrogen (secondary N) is 4. The first-order valence-electron chi connectivity index (χ1n) is 7.53. The zero-order valence-corrected chi connectivity index (χ0v) is 13.3. The topological polar surface area (TPSA) is 89.8 Å². The van der Waals surface area contributed by atoms with Crippen LogP contribution in [-0.4, -0.2) is 16.1 Å². The molecule has 0 atom stereocenters. The summed E-state index contributed by atoms with van der Waals surface area (Å²) >= 11 is 0. The number of hydrogen-bond donors (Lipinski definition) is 4. The standard InChI is InChI=1S/C18H18N4O2/c1-11(14-8-7-13-5-3-4-6-15(13)9-14)19-21-17(23)10-16-12(2)20-22-18(16)24/h3-9,19H,1,10H2,2H3,(H,21,23)(H2,20,22,24). The number of benzene rings is 2. The highest BCUT2D eigenvalue weighted by molar-refractivity contribution is 5.86. The minimum Gasteiger partial charge on any atom is -0.302 e. The molecule has 0 saturated carbocycles. The van der Waals surface area contributed by atoms with Gasteiger partial charge in [-0.1, -0.05) is 43.0 Å². The lowest BCUT2D eigenvalue weighted by molar-refractivity contribution is -0.121. The minimum absolute atomic E-state index is 0.0112. The van der Waals surface area contributed by atoms with E-state index in [4.69, 9.17) is 0 Å². The van der Waals surface area contributed by atoms with E-state index in [-0.39, 0.29) is 17.9 Å². The quantitative estimate of drug-likeness (QED) is 0.542. The fourth-order valence-electron chi connectivity index (χ4n) is 2.48. The molecule has 3 aromatic rings. The molecule has 24 heavy (non-hydrogen) atoms. The molecule has 1 amide bonds. The van der Waals surface area contributed by atoms with Crippen LogP contribution in [-0.2, 0) is 11.2 Å². The molecular weight excluding hydrogens is 304 g/mol. The number of carbonyl (C=O) groups excluding carboxylic acids is 1. The first kappa shape index (κ1) is 15.6. The van der Waals surface area contributed by atoms with E-state index in [2.05, 4.69) is 27.6 Å². The fourth-order valence-corrected chi connectivity index (χ4v) is 2.48. The summed E-state index contributed by atoms with van der Waals surface area (Å²) in [6.07, 6.45) is -0.0112. The molecule has 0 spiro atoms. The van der Waals surface area contributed by atoms with Crippen molar-refractivity contribution in [3.8, 4) is 0 Å². The third-order valence-corrected chi connectivity index (χ3v) is 3.88. The first-order chi connectivity index (χ1) is 11.5. The Balaban J connectivity index is 1.64. The van der Waals surface area contributed by atoms with Crippen LogP contribution in [0.3, 0.4) is 0 Å². The maximum atomic E-state index is 12.0. The van der Waals surface area contributed by atoms with Crippen molar-refractivity contribution in [1.82, 2.24) is 21.0 Å². The number of fused-ring (bicyclic) bond motifs is 1. The molecule has 0 unspecified atom stereocenters. The van der Waals surface area contributed by atoms with Gasteiger partial charge in [0.05, 0.1) is 12.1 Å². The molecule has 0 aliphatic heterocycles. The summed E-state index contributed by atoms with van der Waals surface area (Å²) < 4.78 is 0. The molecule has 1 heterocycles. The van der Waals surface area contributed by atoms with E-state index < -0.39 is 0 Å². The van der Waals surface area contributed by atoms with E-state index in [0.717, 1.165) is 16.3 Å². The zero-order valence-electron chi connectivity index (χ0n) is 13.3. The molecule has 0 aliphatic carbocycles. The summed E-state index contributed by atoms with van der Waals surface area (Å²) in [5.41, 5.74) is 7.62. The first-order valence-corrected chi connectivity index (χ1v) is 7.53. The second-order valence-corrected chi connectivity index (χ2v) is 5.57. The van der Waals surface area contributed by atoms with E-state index in [9.17, 15) is 9.59 Å². The van der Waals surface area contributed by atoms with Gasteiger partial charge in [-0.2, -0.15) is 0 Å². The van der Waals surface area contributed by atoms with Crippen LogP contribution in [0, 0.1) is 6.92 Å². The van der Waals surface area contributed by atoms with Crippen LogP contribution < -0.4 is 16.4 Å². The van der Waals surface area contributed by atoms with Gasteiger partial charge in [0, 0.05) is 11.3 Å². The number of hydrazine groups is 1. The number of H-pyrrole nitrogens is 2. The van der Waals surface area contributed by atoms with Gasteiger partial charge in [-0.05, 0) is 29.3 Å². The van der Waals surface area contributed by atoms with E-state index in [1.54, 1.807) is 6.92 Å². The highest BCUT2D eigenvalue weighted by Crippen LogP contribution is 2.18. The molecular formula is C18H18N4O2. The van der Waals surface area contributed by atoms with Crippen LogP contribution in [0.15, 0.2) is 53.8 Å². The van der Waals surface area contributed by atoms with E-state index in [0.29, 0.717) is 17.0 Å². The largest absolute Gasteiger partial charge is 0.302 e. The van der Waals surface area contributed by atoms with E-state index in [1.807, 2.05) is 42.5 Å². The Morgan fingerprint density at radius 3 is 2.54 bits per heavy atom. The van der Waals surface area contributed by atoms with Crippen LogP contribution >= 0.6 is 0 Å². The Hall–Kier alpha value is -3.28. The molecule has 3 rings (SSSR count). The summed E-state index contributed by atoms with van der Waals surface area (Å²) in [7, 11) is 0. The number of rotatable bonds is 5. The molecule has 0 aliphatic rings. The van der Waals surface area contributed by atoms with Crippen molar-refractivity contribution in [2.75, 3.05) is 0 Å². The normalized spacial score (nSPS) is 10.5. The molecule has 4 N–H and O–H groups in total. The van der Waals surface area contributed by atoms with E-state index in [1.165, 1.54) is 0 Å².